The third-order valence-electron chi connectivity index (χ3n) is 6.79. The first kappa shape index (κ1) is 30.8. The Hall–Kier alpha value is -4.18. The Labute approximate surface area is 250 Å². The van der Waals surface area contributed by atoms with Crippen molar-refractivity contribution in [2.45, 2.75) is 71.1 Å². The van der Waals surface area contributed by atoms with Crippen LogP contribution in [-0.2, 0) is 4.74 Å². The van der Waals surface area contributed by atoms with Gasteiger partial charge in [0.25, 0.3) is 11.8 Å². The molecule has 1 aliphatic rings. The fourth-order valence-corrected chi connectivity index (χ4v) is 4.74. The number of pyridine rings is 2. The molecule has 42 heavy (non-hydrogen) atoms. The van der Waals surface area contributed by atoms with E-state index in [4.69, 9.17) is 21.1 Å². The molecule has 10 nitrogen and oxygen atoms in total. The summed E-state index contributed by atoms with van der Waals surface area (Å²) < 4.78 is 11.9. The molecule has 3 amide bonds. The summed E-state index contributed by atoms with van der Waals surface area (Å²) in [7, 11) is 1.77. The van der Waals surface area contributed by atoms with Gasteiger partial charge in [0.05, 0.1) is 22.4 Å². The minimum atomic E-state index is -0.553. The molecule has 1 fully saturated rings. The van der Waals surface area contributed by atoms with Crippen molar-refractivity contribution < 1.29 is 23.9 Å². The van der Waals surface area contributed by atoms with E-state index in [1.54, 1.807) is 42.3 Å². The summed E-state index contributed by atoms with van der Waals surface area (Å²) in [6.07, 6.45) is 5.39. The number of carbonyl (C=O) groups is 3. The van der Waals surface area contributed by atoms with Gasteiger partial charge in [0.1, 0.15) is 17.2 Å². The third kappa shape index (κ3) is 8.19. The number of anilines is 2. The zero-order valence-corrected chi connectivity index (χ0v) is 25.2. The zero-order chi connectivity index (χ0) is 30.4. The second kappa shape index (κ2) is 13.2. The maximum absolute atomic E-state index is 13.5. The lowest BCUT2D eigenvalue weighted by molar-refractivity contribution is 0.0138. The molecule has 2 aromatic heterocycles. The van der Waals surface area contributed by atoms with Gasteiger partial charge in [-0.25, -0.2) is 14.8 Å². The molecule has 0 aliphatic heterocycles. The molecule has 1 saturated carbocycles. The minimum Gasteiger partial charge on any atom is -0.490 e. The molecule has 0 radical (unpaired) electrons. The standard InChI is InChI=1S/C31H36ClN5O5/c1-19-8-14-23(25(17-19)41-22-12-10-21(11-13-22)37(5)30(40)42-31(2,3)4)28(38)35-24-7-6-16-33-27(24)29(39)36-26-15-9-20(32)18-34-26/h6-9,14-18,21-22H,10-13H2,1-5H3,(H,35,38)(H,34,36,39). The average molecular weight is 594 g/mol. The van der Waals surface area contributed by atoms with E-state index in [0.717, 1.165) is 31.2 Å². The fourth-order valence-electron chi connectivity index (χ4n) is 4.63. The molecule has 0 saturated heterocycles. The van der Waals surface area contributed by atoms with Crippen molar-refractivity contribution in [3.8, 4) is 5.75 Å². The summed E-state index contributed by atoms with van der Waals surface area (Å²) in [6, 6.07) is 11.8. The predicted molar refractivity (Wildman–Crippen MR) is 161 cm³/mol. The molecule has 0 spiro atoms. The van der Waals surface area contributed by atoms with Crippen LogP contribution < -0.4 is 15.4 Å². The van der Waals surface area contributed by atoms with Crippen LogP contribution in [0.3, 0.4) is 0 Å². The monoisotopic (exact) mass is 593 g/mol. The highest BCUT2D eigenvalue weighted by molar-refractivity contribution is 6.30. The molecule has 2 heterocycles. The van der Waals surface area contributed by atoms with Crippen molar-refractivity contribution in [3.05, 3.63) is 76.7 Å². The quantitative estimate of drug-likeness (QED) is 0.320. The normalized spacial score (nSPS) is 16.7. The number of hydrogen-bond acceptors (Lipinski definition) is 7. The zero-order valence-electron chi connectivity index (χ0n) is 24.4. The smallest absolute Gasteiger partial charge is 0.410 e. The van der Waals surface area contributed by atoms with E-state index in [-0.39, 0.29) is 29.6 Å². The van der Waals surface area contributed by atoms with Gasteiger partial charge >= 0.3 is 6.09 Å². The Kier molecular flexibility index (Phi) is 9.67. The minimum absolute atomic E-state index is 0.0320. The van der Waals surface area contributed by atoms with Gasteiger partial charge in [0.2, 0.25) is 0 Å². The number of ether oxygens (including phenoxy) is 2. The van der Waals surface area contributed by atoms with Crippen LogP contribution in [0.1, 0.15) is 72.9 Å². The van der Waals surface area contributed by atoms with Gasteiger partial charge in [-0.1, -0.05) is 17.7 Å². The Balaban J connectivity index is 1.42. The van der Waals surface area contributed by atoms with Gasteiger partial charge in [-0.3, -0.25) is 9.59 Å². The van der Waals surface area contributed by atoms with Gasteiger partial charge in [0, 0.05) is 25.5 Å². The number of hydrogen-bond donors (Lipinski definition) is 2. The second-order valence-corrected chi connectivity index (χ2v) is 11.7. The summed E-state index contributed by atoms with van der Waals surface area (Å²) in [6.45, 7) is 7.47. The topological polar surface area (TPSA) is 123 Å². The number of benzene rings is 1. The van der Waals surface area contributed by atoms with E-state index in [9.17, 15) is 14.4 Å². The molecule has 0 bridgehead atoms. The van der Waals surface area contributed by atoms with Crippen molar-refractivity contribution in [2.75, 3.05) is 17.7 Å². The van der Waals surface area contributed by atoms with Crippen LogP contribution in [0.25, 0.3) is 0 Å². The fraction of sp³-hybridized carbons (Fsp3) is 0.387. The summed E-state index contributed by atoms with van der Waals surface area (Å²) in [5, 5.41) is 5.91. The SMILES string of the molecule is Cc1ccc(C(=O)Nc2cccnc2C(=O)Nc2ccc(Cl)cn2)c(OC2CCC(N(C)C(=O)OC(C)(C)C)CC2)c1. The number of amides is 3. The van der Waals surface area contributed by atoms with Crippen LogP contribution in [0.5, 0.6) is 5.75 Å². The predicted octanol–water partition coefficient (Wildman–Crippen LogP) is 6.50. The summed E-state index contributed by atoms with van der Waals surface area (Å²) in [5.74, 6) is -0.213. The molecular weight excluding hydrogens is 558 g/mol. The Morgan fingerprint density at radius 2 is 1.71 bits per heavy atom. The number of aryl methyl sites for hydroxylation is 1. The molecule has 2 N–H and O–H groups in total. The highest BCUT2D eigenvalue weighted by Crippen LogP contribution is 2.30. The molecule has 0 unspecified atom stereocenters. The molecule has 4 rings (SSSR count). The molecule has 11 heteroatoms. The van der Waals surface area contributed by atoms with Crippen LogP contribution >= 0.6 is 11.6 Å². The largest absolute Gasteiger partial charge is 0.490 e. The molecule has 1 aromatic carbocycles. The summed E-state index contributed by atoms with van der Waals surface area (Å²) in [5.41, 5.74) is 0.998. The highest BCUT2D eigenvalue weighted by atomic mass is 35.5. The maximum Gasteiger partial charge on any atom is 0.410 e. The van der Waals surface area contributed by atoms with E-state index < -0.39 is 17.4 Å². The Bertz CT molecular complexity index is 1430. The maximum atomic E-state index is 13.5. The first-order valence-electron chi connectivity index (χ1n) is 13.8. The number of halogens is 1. The van der Waals surface area contributed by atoms with E-state index in [1.807, 2.05) is 39.8 Å². The molecular formula is C31H36ClN5O5. The number of nitrogens with one attached hydrogen (secondary N) is 2. The van der Waals surface area contributed by atoms with E-state index in [1.165, 1.54) is 12.4 Å². The van der Waals surface area contributed by atoms with Crippen molar-refractivity contribution in [1.82, 2.24) is 14.9 Å². The first-order chi connectivity index (χ1) is 19.9. The van der Waals surface area contributed by atoms with Crippen LogP contribution in [0.2, 0.25) is 5.02 Å². The van der Waals surface area contributed by atoms with Gasteiger partial charge in [-0.15, -0.1) is 0 Å². The molecule has 3 aromatic rings. The highest BCUT2D eigenvalue weighted by Gasteiger charge is 2.30. The van der Waals surface area contributed by atoms with Crippen LogP contribution in [0.15, 0.2) is 54.9 Å². The average Bonchev–Trinajstić information content (AvgIpc) is 2.93. The lowest BCUT2D eigenvalue weighted by atomic mass is 9.92. The Morgan fingerprint density at radius 1 is 0.976 bits per heavy atom. The second-order valence-electron chi connectivity index (χ2n) is 11.3. The van der Waals surface area contributed by atoms with Crippen molar-refractivity contribution in [1.29, 1.82) is 0 Å². The van der Waals surface area contributed by atoms with Crippen molar-refractivity contribution >= 4 is 41.0 Å². The van der Waals surface area contributed by atoms with Crippen molar-refractivity contribution in [2.24, 2.45) is 0 Å². The number of aromatic nitrogens is 2. The van der Waals surface area contributed by atoms with Crippen LogP contribution in [0.4, 0.5) is 16.3 Å². The first-order valence-corrected chi connectivity index (χ1v) is 14.2. The molecule has 1 aliphatic carbocycles. The summed E-state index contributed by atoms with van der Waals surface area (Å²) >= 11 is 5.88. The van der Waals surface area contributed by atoms with E-state index >= 15 is 0 Å². The summed E-state index contributed by atoms with van der Waals surface area (Å²) in [4.78, 5) is 48.8. The van der Waals surface area contributed by atoms with Crippen molar-refractivity contribution in [3.63, 3.8) is 0 Å². The van der Waals surface area contributed by atoms with E-state index in [0.29, 0.717) is 22.2 Å². The number of nitrogens with zero attached hydrogens (tertiary/aromatic N) is 3. The van der Waals surface area contributed by atoms with Gasteiger partial charge in [-0.05, 0) is 95.3 Å². The Morgan fingerprint density at radius 3 is 2.38 bits per heavy atom. The number of rotatable bonds is 7. The van der Waals surface area contributed by atoms with Crippen LogP contribution in [-0.4, -0.2) is 57.6 Å². The van der Waals surface area contributed by atoms with E-state index in [2.05, 4.69) is 20.6 Å². The van der Waals surface area contributed by atoms with Gasteiger partial charge in [-0.2, -0.15) is 0 Å². The molecule has 0 atom stereocenters. The van der Waals surface area contributed by atoms with Gasteiger partial charge < -0.3 is 25.0 Å². The number of carbonyl (C=O) groups excluding carboxylic acids is 3. The lowest BCUT2D eigenvalue weighted by Crippen LogP contribution is -2.43. The lowest BCUT2D eigenvalue weighted by Gasteiger charge is -2.35. The third-order valence-corrected chi connectivity index (χ3v) is 7.01. The van der Waals surface area contributed by atoms with Crippen LogP contribution in [0, 0.1) is 6.92 Å². The molecule has 222 valence electrons. The van der Waals surface area contributed by atoms with Gasteiger partial charge in [0.15, 0.2) is 5.69 Å².